The molecule has 1 atom stereocenters. The third-order valence-corrected chi connectivity index (χ3v) is 2.76. The largest absolute Gasteiger partial charge is 0.369 e. The molecule has 0 saturated heterocycles. The second-order valence-electron chi connectivity index (χ2n) is 3.84. The van der Waals surface area contributed by atoms with Gasteiger partial charge in [0.15, 0.2) is 0 Å². The lowest BCUT2D eigenvalue weighted by Gasteiger charge is -2.21. The highest BCUT2D eigenvalue weighted by atomic mass is 16.1. The lowest BCUT2D eigenvalue weighted by molar-refractivity contribution is -0.119. The van der Waals surface area contributed by atoms with E-state index in [1.807, 2.05) is 13.0 Å². The zero-order valence-electron chi connectivity index (χ0n) is 8.29. The van der Waals surface area contributed by atoms with E-state index in [1.54, 1.807) is 0 Å². The second-order valence-corrected chi connectivity index (χ2v) is 3.84. The van der Waals surface area contributed by atoms with E-state index in [4.69, 9.17) is 5.73 Å². The van der Waals surface area contributed by atoms with Crippen molar-refractivity contribution in [2.24, 2.45) is 5.73 Å². The molecule has 1 aliphatic carbocycles. The number of hydrogen-bond acceptors (Lipinski definition) is 2. The third-order valence-electron chi connectivity index (χ3n) is 2.76. The average Bonchev–Trinajstić information content (AvgIpc) is 2.16. The first kappa shape index (κ1) is 9.19. The average molecular weight is 190 g/mol. The quantitative estimate of drug-likeness (QED) is 0.725. The Kier molecular flexibility index (Phi) is 2.23. The van der Waals surface area contributed by atoms with E-state index in [0.29, 0.717) is 0 Å². The smallest absolute Gasteiger partial charge is 0.226 e. The Balaban J connectivity index is 2.46. The second kappa shape index (κ2) is 3.40. The monoisotopic (exact) mass is 190 g/mol. The minimum absolute atomic E-state index is 0.168. The Morgan fingerprint density at radius 1 is 1.57 bits per heavy atom. The van der Waals surface area contributed by atoms with Crippen molar-refractivity contribution in [3.8, 4) is 0 Å². The lowest BCUT2D eigenvalue weighted by atomic mass is 9.86. The molecule has 0 saturated carbocycles. The molecule has 0 aromatic carbocycles. The van der Waals surface area contributed by atoms with E-state index in [0.717, 1.165) is 30.7 Å². The van der Waals surface area contributed by atoms with Gasteiger partial charge in [0.1, 0.15) is 0 Å². The van der Waals surface area contributed by atoms with Gasteiger partial charge in [-0.1, -0.05) is 6.07 Å². The number of aromatic nitrogens is 1. The van der Waals surface area contributed by atoms with Gasteiger partial charge in [-0.2, -0.15) is 0 Å². The van der Waals surface area contributed by atoms with Crippen molar-refractivity contribution in [2.45, 2.75) is 32.1 Å². The fourth-order valence-corrected chi connectivity index (χ4v) is 2.03. The highest BCUT2D eigenvalue weighted by molar-refractivity contribution is 5.82. The Morgan fingerprint density at radius 3 is 3.07 bits per heavy atom. The first-order valence-electron chi connectivity index (χ1n) is 4.94. The first-order chi connectivity index (χ1) is 6.68. The molecule has 2 N–H and O–H groups in total. The van der Waals surface area contributed by atoms with Crippen molar-refractivity contribution >= 4 is 5.91 Å². The van der Waals surface area contributed by atoms with Crippen molar-refractivity contribution < 1.29 is 4.79 Å². The highest BCUT2D eigenvalue weighted by Gasteiger charge is 2.25. The number of fused-ring (bicyclic) bond motifs is 1. The fourth-order valence-electron chi connectivity index (χ4n) is 2.03. The van der Waals surface area contributed by atoms with E-state index in [2.05, 4.69) is 11.1 Å². The molecule has 0 bridgehead atoms. The molecule has 0 spiro atoms. The van der Waals surface area contributed by atoms with Crippen LogP contribution in [-0.2, 0) is 11.2 Å². The molecular weight excluding hydrogens is 176 g/mol. The van der Waals surface area contributed by atoms with Gasteiger partial charge in [0.25, 0.3) is 0 Å². The molecule has 1 heterocycles. The zero-order chi connectivity index (χ0) is 10.1. The standard InChI is InChI=1S/C11H14N2O/c1-7-5-6-8-3-2-4-9(11(12)14)10(8)13-7/h5-6,9H,2-4H2,1H3,(H2,12,14). The maximum Gasteiger partial charge on any atom is 0.226 e. The van der Waals surface area contributed by atoms with Crippen molar-refractivity contribution in [2.75, 3.05) is 0 Å². The predicted molar refractivity (Wildman–Crippen MR) is 53.8 cm³/mol. The van der Waals surface area contributed by atoms with Crippen molar-refractivity contribution in [1.82, 2.24) is 4.98 Å². The predicted octanol–water partition coefficient (Wildman–Crippen LogP) is 1.30. The van der Waals surface area contributed by atoms with Gasteiger partial charge >= 0.3 is 0 Å². The molecule has 0 aliphatic heterocycles. The Bertz CT molecular complexity index is 374. The van der Waals surface area contributed by atoms with Crippen molar-refractivity contribution in [1.29, 1.82) is 0 Å². The molecule has 14 heavy (non-hydrogen) atoms. The van der Waals surface area contributed by atoms with E-state index >= 15 is 0 Å². The van der Waals surface area contributed by atoms with Crippen LogP contribution in [-0.4, -0.2) is 10.9 Å². The minimum atomic E-state index is -0.246. The molecule has 1 unspecified atom stereocenters. The normalized spacial score (nSPS) is 20.2. The van der Waals surface area contributed by atoms with Gasteiger partial charge in [-0.15, -0.1) is 0 Å². The van der Waals surface area contributed by atoms with Crippen LogP contribution in [0.1, 0.15) is 35.7 Å². The van der Waals surface area contributed by atoms with Gasteiger partial charge in [-0.05, 0) is 37.8 Å². The summed E-state index contributed by atoms with van der Waals surface area (Å²) in [6.07, 6.45) is 2.90. The molecule has 1 amide bonds. The molecule has 1 aliphatic rings. The molecule has 1 aromatic rings. The van der Waals surface area contributed by atoms with Crippen LogP contribution in [0.3, 0.4) is 0 Å². The summed E-state index contributed by atoms with van der Waals surface area (Å²) in [6.45, 7) is 1.94. The molecular formula is C11H14N2O. The van der Waals surface area contributed by atoms with E-state index in [1.165, 1.54) is 5.56 Å². The summed E-state index contributed by atoms with van der Waals surface area (Å²) in [7, 11) is 0. The summed E-state index contributed by atoms with van der Waals surface area (Å²) in [6, 6.07) is 4.05. The summed E-state index contributed by atoms with van der Waals surface area (Å²) in [4.78, 5) is 15.6. The number of primary amides is 1. The van der Waals surface area contributed by atoms with Crippen LogP contribution in [0, 0.1) is 6.92 Å². The Labute approximate surface area is 83.3 Å². The number of nitrogens with zero attached hydrogens (tertiary/aromatic N) is 1. The first-order valence-corrected chi connectivity index (χ1v) is 4.94. The Morgan fingerprint density at radius 2 is 2.36 bits per heavy atom. The summed E-state index contributed by atoms with van der Waals surface area (Å²) in [5.41, 5.74) is 8.40. The topological polar surface area (TPSA) is 56.0 Å². The highest BCUT2D eigenvalue weighted by Crippen LogP contribution is 2.29. The van der Waals surface area contributed by atoms with Crippen molar-refractivity contribution in [3.05, 3.63) is 29.1 Å². The van der Waals surface area contributed by atoms with Crippen LogP contribution in [0.2, 0.25) is 0 Å². The number of carbonyl (C=O) groups is 1. The van der Waals surface area contributed by atoms with Gasteiger partial charge in [0.2, 0.25) is 5.91 Å². The minimum Gasteiger partial charge on any atom is -0.369 e. The molecule has 2 rings (SSSR count). The molecule has 3 nitrogen and oxygen atoms in total. The molecule has 74 valence electrons. The van der Waals surface area contributed by atoms with Crippen molar-refractivity contribution in [3.63, 3.8) is 0 Å². The van der Waals surface area contributed by atoms with Gasteiger partial charge in [-0.3, -0.25) is 9.78 Å². The van der Waals surface area contributed by atoms with Crippen LogP contribution >= 0.6 is 0 Å². The number of carbonyl (C=O) groups excluding carboxylic acids is 1. The van der Waals surface area contributed by atoms with Crippen LogP contribution in [0.15, 0.2) is 12.1 Å². The number of pyridine rings is 1. The SMILES string of the molecule is Cc1ccc2c(n1)C(C(N)=O)CCC2. The van der Waals surface area contributed by atoms with Gasteiger partial charge in [-0.25, -0.2) is 0 Å². The maximum atomic E-state index is 11.2. The number of hydrogen-bond donors (Lipinski definition) is 1. The lowest BCUT2D eigenvalue weighted by Crippen LogP contribution is -2.26. The molecule has 0 radical (unpaired) electrons. The number of nitrogens with two attached hydrogens (primary N) is 1. The summed E-state index contributed by atoms with van der Waals surface area (Å²) in [5, 5.41) is 0. The van der Waals surface area contributed by atoms with Crippen LogP contribution < -0.4 is 5.73 Å². The Hall–Kier alpha value is -1.38. The van der Waals surface area contributed by atoms with Gasteiger partial charge < -0.3 is 5.73 Å². The molecule has 0 fully saturated rings. The van der Waals surface area contributed by atoms with Gasteiger partial charge in [0.05, 0.1) is 11.6 Å². The zero-order valence-corrected chi connectivity index (χ0v) is 8.29. The van der Waals surface area contributed by atoms with E-state index in [-0.39, 0.29) is 11.8 Å². The van der Waals surface area contributed by atoms with E-state index < -0.39 is 0 Å². The maximum absolute atomic E-state index is 11.2. The van der Waals surface area contributed by atoms with Gasteiger partial charge in [0, 0.05) is 5.69 Å². The summed E-state index contributed by atoms with van der Waals surface area (Å²) < 4.78 is 0. The van der Waals surface area contributed by atoms with E-state index in [9.17, 15) is 4.79 Å². The summed E-state index contributed by atoms with van der Waals surface area (Å²) in [5.74, 6) is -0.414. The number of amides is 1. The summed E-state index contributed by atoms with van der Waals surface area (Å²) >= 11 is 0. The molecule has 3 heteroatoms. The third kappa shape index (κ3) is 1.50. The van der Waals surface area contributed by atoms with Crippen LogP contribution in [0.25, 0.3) is 0 Å². The number of aryl methyl sites for hydroxylation is 2. The molecule has 1 aromatic heterocycles. The number of rotatable bonds is 1. The van der Waals surface area contributed by atoms with Crippen LogP contribution in [0.4, 0.5) is 0 Å². The van der Waals surface area contributed by atoms with Crippen LogP contribution in [0.5, 0.6) is 0 Å². The fraction of sp³-hybridized carbons (Fsp3) is 0.455.